The zero-order chi connectivity index (χ0) is 17.0. The maximum atomic E-state index is 5.41. The fourth-order valence-electron chi connectivity index (χ4n) is 3.57. The van der Waals surface area contributed by atoms with E-state index in [0.717, 1.165) is 39.4 Å². The second kappa shape index (κ2) is 5.11. The molecule has 0 aliphatic carbocycles. The van der Waals surface area contributed by atoms with E-state index in [0.29, 0.717) is 0 Å². The Labute approximate surface area is 144 Å². The quantitative estimate of drug-likeness (QED) is 0.479. The SMILES string of the molecule is COc1ccc(-c2nc3cccc4c5cc(OC)ccc5c2n34)cc1. The number of benzene rings is 2. The van der Waals surface area contributed by atoms with Gasteiger partial charge >= 0.3 is 0 Å². The van der Waals surface area contributed by atoms with E-state index >= 15 is 0 Å². The van der Waals surface area contributed by atoms with E-state index < -0.39 is 0 Å². The van der Waals surface area contributed by atoms with Crippen LogP contribution in [0, 0.1) is 0 Å². The molecule has 3 aromatic heterocycles. The van der Waals surface area contributed by atoms with Gasteiger partial charge in [0.25, 0.3) is 0 Å². The van der Waals surface area contributed by atoms with Crippen LogP contribution in [0.1, 0.15) is 0 Å². The molecule has 0 N–H and O–H groups in total. The highest BCUT2D eigenvalue weighted by atomic mass is 16.5. The number of methoxy groups -OCH3 is 2. The molecule has 0 bridgehead atoms. The monoisotopic (exact) mass is 328 g/mol. The number of nitrogens with zero attached hydrogens (tertiary/aromatic N) is 2. The number of imidazole rings is 1. The van der Waals surface area contributed by atoms with Gasteiger partial charge in [-0.25, -0.2) is 4.98 Å². The summed E-state index contributed by atoms with van der Waals surface area (Å²) in [4.78, 5) is 4.88. The number of fused-ring (bicyclic) bond motifs is 3. The fraction of sp³-hybridized carbons (Fsp3) is 0.0952. The van der Waals surface area contributed by atoms with Crippen LogP contribution in [0.2, 0.25) is 0 Å². The highest BCUT2D eigenvalue weighted by Crippen LogP contribution is 2.38. The summed E-state index contributed by atoms with van der Waals surface area (Å²) in [6.07, 6.45) is 0. The van der Waals surface area contributed by atoms with E-state index in [9.17, 15) is 0 Å². The first-order valence-electron chi connectivity index (χ1n) is 8.15. The second-order valence-electron chi connectivity index (χ2n) is 6.05. The van der Waals surface area contributed by atoms with Gasteiger partial charge in [0, 0.05) is 16.3 Å². The van der Waals surface area contributed by atoms with Gasteiger partial charge in [0.15, 0.2) is 0 Å². The lowest BCUT2D eigenvalue weighted by Crippen LogP contribution is -1.84. The Bertz CT molecular complexity index is 1210. The van der Waals surface area contributed by atoms with E-state index in [2.05, 4.69) is 34.7 Å². The first-order valence-corrected chi connectivity index (χ1v) is 8.15. The Kier molecular flexibility index (Phi) is 2.88. The summed E-state index contributed by atoms with van der Waals surface area (Å²) in [5, 5.41) is 2.36. The van der Waals surface area contributed by atoms with Crippen molar-refractivity contribution < 1.29 is 9.47 Å². The van der Waals surface area contributed by atoms with Crippen molar-refractivity contribution in [1.82, 2.24) is 9.38 Å². The largest absolute Gasteiger partial charge is 0.497 e. The summed E-state index contributed by atoms with van der Waals surface area (Å²) in [6.45, 7) is 0. The molecule has 0 aliphatic heterocycles. The van der Waals surface area contributed by atoms with Gasteiger partial charge in [-0.1, -0.05) is 6.07 Å². The number of aromatic nitrogens is 2. The topological polar surface area (TPSA) is 35.8 Å². The third-order valence-electron chi connectivity index (χ3n) is 4.76. The number of hydrogen-bond donors (Lipinski definition) is 0. The molecule has 0 aliphatic rings. The lowest BCUT2D eigenvalue weighted by atomic mass is 10.1. The first-order chi connectivity index (χ1) is 12.3. The van der Waals surface area contributed by atoms with E-state index in [-0.39, 0.29) is 0 Å². The average Bonchev–Trinajstić information content (AvgIpc) is 3.22. The maximum absolute atomic E-state index is 5.41. The molecule has 0 amide bonds. The number of rotatable bonds is 3. The molecule has 0 unspecified atom stereocenters. The predicted molar refractivity (Wildman–Crippen MR) is 99.9 cm³/mol. The minimum absolute atomic E-state index is 0.842. The van der Waals surface area contributed by atoms with Gasteiger partial charge in [-0.2, -0.15) is 0 Å². The zero-order valence-electron chi connectivity index (χ0n) is 14.0. The highest BCUT2D eigenvalue weighted by molar-refractivity contribution is 6.14. The lowest BCUT2D eigenvalue weighted by molar-refractivity contribution is 0.415. The summed E-state index contributed by atoms with van der Waals surface area (Å²) in [7, 11) is 3.37. The minimum atomic E-state index is 0.842. The van der Waals surface area contributed by atoms with Crippen LogP contribution >= 0.6 is 0 Å². The zero-order valence-corrected chi connectivity index (χ0v) is 14.0. The number of pyridine rings is 1. The van der Waals surface area contributed by atoms with Crippen molar-refractivity contribution >= 4 is 27.5 Å². The van der Waals surface area contributed by atoms with Gasteiger partial charge < -0.3 is 9.47 Å². The molecule has 2 aromatic carbocycles. The molecule has 4 heteroatoms. The standard InChI is InChI=1S/C21H16N2O2/c1-24-14-8-6-13(7-9-14)20-21-16-11-10-15(25-2)12-17(16)18-4-3-5-19(22-20)23(18)21/h3-12H,1-2H3. The van der Waals surface area contributed by atoms with Crippen LogP contribution in [0.4, 0.5) is 0 Å². The molecule has 5 rings (SSSR count). The van der Waals surface area contributed by atoms with Gasteiger partial charge in [0.05, 0.1) is 30.9 Å². The van der Waals surface area contributed by atoms with Crippen LogP contribution in [-0.4, -0.2) is 23.6 Å². The number of ether oxygens (including phenoxy) is 2. The van der Waals surface area contributed by atoms with E-state index in [1.165, 1.54) is 10.8 Å². The van der Waals surface area contributed by atoms with Crippen molar-refractivity contribution in [3.8, 4) is 22.8 Å². The van der Waals surface area contributed by atoms with Crippen LogP contribution in [-0.2, 0) is 0 Å². The molecule has 0 saturated carbocycles. The summed E-state index contributed by atoms with van der Waals surface area (Å²) >= 11 is 0. The molecule has 0 radical (unpaired) electrons. The van der Waals surface area contributed by atoms with Crippen LogP contribution < -0.4 is 9.47 Å². The molecule has 5 aromatic rings. The summed E-state index contributed by atoms with van der Waals surface area (Å²) in [6, 6.07) is 20.5. The molecule has 25 heavy (non-hydrogen) atoms. The molecule has 0 atom stereocenters. The summed E-state index contributed by atoms with van der Waals surface area (Å²) in [5.74, 6) is 1.70. The predicted octanol–water partition coefficient (Wildman–Crippen LogP) is 4.76. The molecule has 3 heterocycles. The van der Waals surface area contributed by atoms with E-state index in [1.54, 1.807) is 14.2 Å². The molecular weight excluding hydrogens is 312 g/mol. The van der Waals surface area contributed by atoms with Gasteiger partial charge in [-0.15, -0.1) is 0 Å². The van der Waals surface area contributed by atoms with Crippen molar-refractivity contribution in [3.05, 3.63) is 60.7 Å². The van der Waals surface area contributed by atoms with Crippen LogP contribution in [0.3, 0.4) is 0 Å². The Balaban J connectivity index is 1.89. The van der Waals surface area contributed by atoms with Gasteiger partial charge in [-0.3, -0.25) is 4.40 Å². The molecule has 4 nitrogen and oxygen atoms in total. The van der Waals surface area contributed by atoms with Gasteiger partial charge in [0.1, 0.15) is 17.1 Å². The van der Waals surface area contributed by atoms with Crippen molar-refractivity contribution in [2.75, 3.05) is 14.2 Å². The summed E-state index contributed by atoms with van der Waals surface area (Å²) in [5.41, 5.74) is 5.30. The summed E-state index contributed by atoms with van der Waals surface area (Å²) < 4.78 is 12.9. The average molecular weight is 328 g/mol. The molecule has 122 valence electrons. The molecule has 0 fully saturated rings. The third-order valence-corrected chi connectivity index (χ3v) is 4.76. The van der Waals surface area contributed by atoms with E-state index in [1.807, 2.05) is 30.3 Å². The van der Waals surface area contributed by atoms with Crippen LogP contribution in [0.15, 0.2) is 60.7 Å². The Hall–Kier alpha value is -3.27. The minimum Gasteiger partial charge on any atom is -0.497 e. The maximum Gasteiger partial charge on any atom is 0.138 e. The van der Waals surface area contributed by atoms with Crippen LogP contribution in [0.25, 0.3) is 38.7 Å². The Morgan fingerprint density at radius 3 is 2.32 bits per heavy atom. The molecule has 0 saturated heterocycles. The smallest absolute Gasteiger partial charge is 0.138 e. The van der Waals surface area contributed by atoms with E-state index in [4.69, 9.17) is 14.5 Å². The lowest BCUT2D eigenvalue weighted by Gasteiger charge is -2.02. The molecule has 0 spiro atoms. The van der Waals surface area contributed by atoms with Crippen molar-refractivity contribution in [1.29, 1.82) is 0 Å². The van der Waals surface area contributed by atoms with Crippen molar-refractivity contribution in [2.45, 2.75) is 0 Å². The van der Waals surface area contributed by atoms with Gasteiger partial charge in [-0.05, 0) is 54.6 Å². The Morgan fingerprint density at radius 2 is 1.56 bits per heavy atom. The first kappa shape index (κ1) is 14.1. The van der Waals surface area contributed by atoms with Crippen molar-refractivity contribution in [2.24, 2.45) is 0 Å². The van der Waals surface area contributed by atoms with Crippen LogP contribution in [0.5, 0.6) is 11.5 Å². The fourth-order valence-corrected chi connectivity index (χ4v) is 3.57. The highest BCUT2D eigenvalue weighted by Gasteiger charge is 2.18. The van der Waals surface area contributed by atoms with Gasteiger partial charge in [0.2, 0.25) is 0 Å². The normalized spacial score (nSPS) is 11.6. The molecular formula is C21H16N2O2. The number of hydrogen-bond acceptors (Lipinski definition) is 3. The third kappa shape index (κ3) is 1.91. The second-order valence-corrected chi connectivity index (χ2v) is 6.05. The Morgan fingerprint density at radius 1 is 0.800 bits per heavy atom. The van der Waals surface area contributed by atoms with Crippen molar-refractivity contribution in [3.63, 3.8) is 0 Å².